The Morgan fingerprint density at radius 2 is 1.71 bits per heavy atom. The number of carbonyl (C=O) groups excluding carboxylic acids is 1. The van der Waals surface area contributed by atoms with Gasteiger partial charge in [-0.2, -0.15) is 0 Å². The van der Waals surface area contributed by atoms with Gasteiger partial charge in [0.25, 0.3) is 0 Å². The number of nitrogens with two attached hydrogens (primary N) is 1. The summed E-state index contributed by atoms with van der Waals surface area (Å²) < 4.78 is 11.0. The molecule has 1 amide bonds. The number of rotatable bonds is 7. The minimum atomic E-state index is -0.621. The molecule has 0 atom stereocenters. The predicted octanol–water partition coefficient (Wildman–Crippen LogP) is 3.58. The predicted molar refractivity (Wildman–Crippen MR) is 93.4 cm³/mol. The van der Waals surface area contributed by atoms with Crippen molar-refractivity contribution in [2.75, 3.05) is 0 Å². The van der Waals surface area contributed by atoms with Gasteiger partial charge in [0, 0.05) is 0 Å². The van der Waals surface area contributed by atoms with Gasteiger partial charge in [-0.25, -0.2) is 10.6 Å². The first-order valence-electron chi connectivity index (χ1n) is 7.94. The highest BCUT2D eigenvalue weighted by Gasteiger charge is 2.22. The number of hydrazine groups is 1. The summed E-state index contributed by atoms with van der Waals surface area (Å²) in [4.78, 5) is 11.2. The van der Waals surface area contributed by atoms with Crippen molar-refractivity contribution in [1.29, 1.82) is 0 Å². The van der Waals surface area contributed by atoms with Gasteiger partial charge in [0.15, 0.2) is 0 Å². The SMILES string of the molecule is CC(C)(CCc1ccc(OCc2ccccc2)cc1)OC(=O)NN. The first-order chi connectivity index (χ1) is 11.5. The van der Waals surface area contributed by atoms with E-state index >= 15 is 0 Å². The molecule has 2 rings (SSSR count). The van der Waals surface area contributed by atoms with Crippen LogP contribution >= 0.6 is 0 Å². The Labute approximate surface area is 142 Å². The molecule has 0 aliphatic rings. The third-order valence-electron chi connectivity index (χ3n) is 3.67. The van der Waals surface area contributed by atoms with Crippen LogP contribution < -0.4 is 16.0 Å². The highest BCUT2D eigenvalue weighted by atomic mass is 16.6. The summed E-state index contributed by atoms with van der Waals surface area (Å²) in [6.07, 6.45) is 0.874. The van der Waals surface area contributed by atoms with Crippen LogP contribution in [0, 0.1) is 0 Å². The van der Waals surface area contributed by atoms with Crippen molar-refractivity contribution < 1.29 is 14.3 Å². The second-order valence-electron chi connectivity index (χ2n) is 6.21. The van der Waals surface area contributed by atoms with Crippen LogP contribution in [0.2, 0.25) is 0 Å². The van der Waals surface area contributed by atoms with Crippen molar-refractivity contribution in [3.63, 3.8) is 0 Å². The molecule has 2 aromatic rings. The van der Waals surface area contributed by atoms with E-state index in [1.54, 1.807) is 0 Å². The average molecular weight is 328 g/mol. The lowest BCUT2D eigenvalue weighted by Gasteiger charge is -2.24. The molecule has 0 aliphatic heterocycles. The molecule has 0 aromatic heterocycles. The lowest BCUT2D eigenvalue weighted by molar-refractivity contribution is 0.0330. The van der Waals surface area contributed by atoms with E-state index in [2.05, 4.69) is 0 Å². The van der Waals surface area contributed by atoms with Gasteiger partial charge in [0.1, 0.15) is 18.0 Å². The topological polar surface area (TPSA) is 73.6 Å². The number of hydrogen-bond donors (Lipinski definition) is 2. The van der Waals surface area contributed by atoms with Gasteiger partial charge in [-0.1, -0.05) is 42.5 Å². The Morgan fingerprint density at radius 3 is 2.33 bits per heavy atom. The van der Waals surface area contributed by atoms with Gasteiger partial charge >= 0.3 is 6.09 Å². The van der Waals surface area contributed by atoms with Crippen LogP contribution in [0.5, 0.6) is 5.75 Å². The van der Waals surface area contributed by atoms with E-state index in [9.17, 15) is 4.79 Å². The van der Waals surface area contributed by atoms with Crippen molar-refractivity contribution in [2.24, 2.45) is 5.84 Å². The smallest absolute Gasteiger partial charge is 0.421 e. The summed E-state index contributed by atoms with van der Waals surface area (Å²) in [6, 6.07) is 18.0. The standard InChI is InChI=1S/C19H24N2O3/c1-19(2,24-18(22)21-20)13-12-15-8-10-17(11-9-15)23-14-16-6-4-3-5-7-16/h3-11H,12-14,20H2,1-2H3,(H,21,22). The number of benzene rings is 2. The quantitative estimate of drug-likeness (QED) is 0.463. The van der Waals surface area contributed by atoms with Crippen LogP contribution in [0.3, 0.4) is 0 Å². The normalized spacial score (nSPS) is 11.0. The van der Waals surface area contributed by atoms with E-state index in [0.29, 0.717) is 13.0 Å². The van der Waals surface area contributed by atoms with Gasteiger partial charge in [-0.05, 0) is 49.9 Å². The minimum Gasteiger partial charge on any atom is -0.489 e. The molecule has 0 unspecified atom stereocenters. The Kier molecular flexibility index (Phi) is 6.21. The third-order valence-corrected chi connectivity index (χ3v) is 3.67. The molecule has 128 valence electrons. The molecule has 0 saturated carbocycles. The van der Waals surface area contributed by atoms with Gasteiger partial charge in [0.05, 0.1) is 0 Å². The zero-order valence-corrected chi connectivity index (χ0v) is 14.1. The van der Waals surface area contributed by atoms with E-state index in [4.69, 9.17) is 15.3 Å². The number of ether oxygens (including phenoxy) is 2. The third kappa shape index (κ3) is 5.93. The van der Waals surface area contributed by atoms with Crippen molar-refractivity contribution in [1.82, 2.24) is 5.43 Å². The molecule has 0 bridgehead atoms. The van der Waals surface area contributed by atoms with E-state index < -0.39 is 11.7 Å². The van der Waals surface area contributed by atoms with Crippen molar-refractivity contribution >= 4 is 6.09 Å². The van der Waals surface area contributed by atoms with E-state index in [-0.39, 0.29) is 0 Å². The number of carbonyl (C=O) groups is 1. The Hall–Kier alpha value is -2.53. The van der Waals surface area contributed by atoms with Crippen LogP contribution in [0.25, 0.3) is 0 Å². The molecule has 0 heterocycles. The van der Waals surface area contributed by atoms with Gasteiger partial charge < -0.3 is 9.47 Å². The van der Waals surface area contributed by atoms with Crippen LogP contribution in [0.4, 0.5) is 4.79 Å². The second kappa shape index (κ2) is 8.36. The van der Waals surface area contributed by atoms with Crippen LogP contribution in [-0.4, -0.2) is 11.7 Å². The monoisotopic (exact) mass is 328 g/mol. The molecule has 2 aromatic carbocycles. The summed E-state index contributed by atoms with van der Waals surface area (Å²) in [5, 5.41) is 0. The molecule has 5 nitrogen and oxygen atoms in total. The minimum absolute atomic E-state index is 0.551. The number of nitrogens with one attached hydrogen (secondary N) is 1. The van der Waals surface area contributed by atoms with E-state index in [0.717, 1.165) is 23.3 Å². The van der Waals surface area contributed by atoms with Gasteiger partial charge in [0.2, 0.25) is 0 Å². The summed E-state index contributed by atoms with van der Waals surface area (Å²) in [6.45, 7) is 4.27. The molecule has 0 aliphatic carbocycles. The van der Waals surface area contributed by atoms with E-state index in [1.807, 2.05) is 73.9 Å². The number of hydrogen-bond acceptors (Lipinski definition) is 4. The molecule has 0 spiro atoms. The molecule has 0 radical (unpaired) electrons. The molecule has 5 heteroatoms. The zero-order valence-electron chi connectivity index (χ0n) is 14.1. The lowest BCUT2D eigenvalue weighted by Crippen LogP contribution is -2.38. The van der Waals surface area contributed by atoms with Gasteiger partial charge in [-0.15, -0.1) is 0 Å². The van der Waals surface area contributed by atoms with Crippen LogP contribution in [-0.2, 0) is 17.8 Å². The molecular weight excluding hydrogens is 304 g/mol. The first kappa shape index (κ1) is 17.8. The van der Waals surface area contributed by atoms with Gasteiger partial charge in [-0.3, -0.25) is 5.43 Å². The second-order valence-corrected chi connectivity index (χ2v) is 6.21. The number of aryl methyl sites for hydroxylation is 1. The zero-order chi connectivity index (χ0) is 17.4. The van der Waals surface area contributed by atoms with Crippen molar-refractivity contribution in [3.8, 4) is 5.75 Å². The molecular formula is C19H24N2O3. The maximum absolute atomic E-state index is 11.2. The summed E-state index contributed by atoms with van der Waals surface area (Å²) >= 11 is 0. The number of amides is 1. The molecule has 24 heavy (non-hydrogen) atoms. The summed E-state index contributed by atoms with van der Waals surface area (Å²) in [7, 11) is 0. The summed E-state index contributed by atoms with van der Waals surface area (Å²) in [5.41, 5.74) is 3.70. The van der Waals surface area contributed by atoms with Crippen LogP contribution in [0.1, 0.15) is 31.4 Å². The maximum atomic E-state index is 11.2. The lowest BCUT2D eigenvalue weighted by atomic mass is 9.98. The largest absolute Gasteiger partial charge is 0.489 e. The fourth-order valence-electron chi connectivity index (χ4n) is 2.27. The fourth-order valence-corrected chi connectivity index (χ4v) is 2.27. The van der Waals surface area contributed by atoms with Crippen molar-refractivity contribution in [2.45, 2.75) is 38.9 Å². The molecule has 0 fully saturated rings. The average Bonchev–Trinajstić information content (AvgIpc) is 2.59. The maximum Gasteiger partial charge on any atom is 0.421 e. The molecule has 3 N–H and O–H groups in total. The van der Waals surface area contributed by atoms with Crippen LogP contribution in [0.15, 0.2) is 54.6 Å². The van der Waals surface area contributed by atoms with Crippen molar-refractivity contribution in [3.05, 3.63) is 65.7 Å². The highest BCUT2D eigenvalue weighted by Crippen LogP contribution is 2.20. The Morgan fingerprint density at radius 1 is 1.04 bits per heavy atom. The molecule has 0 saturated heterocycles. The summed E-state index contributed by atoms with van der Waals surface area (Å²) in [5.74, 6) is 5.87. The fraction of sp³-hybridized carbons (Fsp3) is 0.316. The highest BCUT2D eigenvalue weighted by molar-refractivity contribution is 5.66. The van der Waals surface area contributed by atoms with E-state index in [1.165, 1.54) is 0 Å². The Balaban J connectivity index is 1.82. The first-order valence-corrected chi connectivity index (χ1v) is 7.94. The Bertz CT molecular complexity index is 639.